The smallest absolute Gasteiger partial charge is 0.270 e. The quantitative estimate of drug-likeness (QED) is 0.525. The molecule has 0 spiro atoms. The SMILES string of the molecule is N#Cc1cc([N+](=O)[O-])ccc1NC(=O)C=Cc1ccc(Cl)cc1. The molecule has 0 saturated heterocycles. The Balaban J connectivity index is 2.12. The summed E-state index contributed by atoms with van der Waals surface area (Å²) in [6.45, 7) is 0. The lowest BCUT2D eigenvalue weighted by molar-refractivity contribution is -0.384. The van der Waals surface area contributed by atoms with Crippen LogP contribution in [0.1, 0.15) is 11.1 Å². The number of anilines is 1. The fraction of sp³-hybridized carbons (Fsp3) is 0. The molecule has 0 unspecified atom stereocenters. The van der Waals surface area contributed by atoms with E-state index in [1.165, 1.54) is 18.2 Å². The minimum atomic E-state index is -0.604. The molecule has 114 valence electrons. The average Bonchev–Trinajstić information content (AvgIpc) is 2.54. The molecule has 2 rings (SSSR count). The van der Waals surface area contributed by atoms with Crippen LogP contribution in [0, 0.1) is 21.4 Å². The minimum Gasteiger partial charge on any atom is -0.321 e. The van der Waals surface area contributed by atoms with E-state index in [1.54, 1.807) is 30.3 Å². The van der Waals surface area contributed by atoms with Crippen molar-refractivity contribution in [2.24, 2.45) is 0 Å². The lowest BCUT2D eigenvalue weighted by Crippen LogP contribution is -2.09. The number of benzene rings is 2. The van der Waals surface area contributed by atoms with E-state index in [4.69, 9.17) is 16.9 Å². The highest BCUT2D eigenvalue weighted by Gasteiger charge is 2.11. The van der Waals surface area contributed by atoms with Gasteiger partial charge in [0.15, 0.2) is 0 Å². The lowest BCUT2D eigenvalue weighted by Gasteiger charge is -2.04. The first-order valence-corrected chi connectivity index (χ1v) is 6.80. The maximum atomic E-state index is 11.9. The Hall–Kier alpha value is -3.17. The molecule has 1 N–H and O–H groups in total. The van der Waals surface area contributed by atoms with Crippen molar-refractivity contribution in [3.63, 3.8) is 0 Å². The van der Waals surface area contributed by atoms with Gasteiger partial charge in [0.25, 0.3) is 5.69 Å². The summed E-state index contributed by atoms with van der Waals surface area (Å²) in [4.78, 5) is 21.9. The summed E-state index contributed by atoms with van der Waals surface area (Å²) in [6, 6.07) is 12.4. The number of nitriles is 1. The lowest BCUT2D eigenvalue weighted by atomic mass is 10.1. The molecular weight excluding hydrogens is 318 g/mol. The number of non-ortho nitro benzene ring substituents is 1. The molecule has 0 atom stereocenters. The van der Waals surface area contributed by atoms with Crippen LogP contribution in [0.3, 0.4) is 0 Å². The number of halogens is 1. The van der Waals surface area contributed by atoms with Gasteiger partial charge in [-0.2, -0.15) is 5.26 Å². The van der Waals surface area contributed by atoms with Crippen molar-refractivity contribution < 1.29 is 9.72 Å². The summed E-state index contributed by atoms with van der Waals surface area (Å²) in [7, 11) is 0. The molecule has 0 aromatic heterocycles. The number of carbonyl (C=O) groups is 1. The van der Waals surface area contributed by atoms with Gasteiger partial charge in [0.05, 0.1) is 16.2 Å². The van der Waals surface area contributed by atoms with Crippen molar-refractivity contribution in [1.82, 2.24) is 0 Å². The normalized spacial score (nSPS) is 10.3. The third-order valence-electron chi connectivity index (χ3n) is 2.89. The van der Waals surface area contributed by atoms with Gasteiger partial charge in [-0.15, -0.1) is 0 Å². The molecule has 0 aliphatic rings. The van der Waals surface area contributed by atoms with Crippen LogP contribution in [0.15, 0.2) is 48.5 Å². The van der Waals surface area contributed by atoms with Crippen LogP contribution >= 0.6 is 11.6 Å². The second kappa shape index (κ2) is 7.20. The third kappa shape index (κ3) is 4.40. The summed E-state index contributed by atoms with van der Waals surface area (Å²) < 4.78 is 0. The highest BCUT2D eigenvalue weighted by Crippen LogP contribution is 2.21. The molecule has 0 aliphatic carbocycles. The van der Waals surface area contributed by atoms with Crippen molar-refractivity contribution in [3.8, 4) is 6.07 Å². The van der Waals surface area contributed by atoms with E-state index in [2.05, 4.69) is 5.32 Å². The number of nitrogens with one attached hydrogen (secondary N) is 1. The number of nitro benzene ring substituents is 1. The molecule has 2 aromatic rings. The van der Waals surface area contributed by atoms with Gasteiger partial charge >= 0.3 is 0 Å². The maximum Gasteiger partial charge on any atom is 0.270 e. The van der Waals surface area contributed by atoms with Gasteiger partial charge in [-0.05, 0) is 29.8 Å². The zero-order chi connectivity index (χ0) is 16.8. The fourth-order valence-electron chi connectivity index (χ4n) is 1.77. The predicted octanol–water partition coefficient (Wildman–Crippen LogP) is 3.77. The highest BCUT2D eigenvalue weighted by atomic mass is 35.5. The zero-order valence-electron chi connectivity index (χ0n) is 11.7. The summed E-state index contributed by atoms with van der Waals surface area (Å²) in [5, 5.41) is 22.8. The third-order valence-corrected chi connectivity index (χ3v) is 3.14. The monoisotopic (exact) mass is 327 g/mol. The van der Waals surface area contributed by atoms with E-state index in [0.717, 1.165) is 11.6 Å². The number of hydrogen-bond donors (Lipinski definition) is 1. The number of nitrogens with zero attached hydrogens (tertiary/aromatic N) is 2. The molecule has 0 aliphatic heterocycles. The van der Waals surface area contributed by atoms with Gasteiger partial charge in [0.2, 0.25) is 5.91 Å². The standard InChI is InChI=1S/C16H10ClN3O3/c17-13-4-1-11(2-5-13)3-8-16(21)19-15-7-6-14(20(22)23)9-12(15)10-18/h1-9H,(H,19,21). The van der Waals surface area contributed by atoms with E-state index < -0.39 is 10.8 Å². The molecule has 0 bridgehead atoms. The average molecular weight is 328 g/mol. The molecule has 1 amide bonds. The molecule has 6 nitrogen and oxygen atoms in total. The van der Waals surface area contributed by atoms with Crippen LogP contribution < -0.4 is 5.32 Å². The largest absolute Gasteiger partial charge is 0.321 e. The Morgan fingerprint density at radius 3 is 2.57 bits per heavy atom. The summed E-state index contributed by atoms with van der Waals surface area (Å²) in [5.74, 6) is -0.453. The first-order chi connectivity index (χ1) is 11.0. The van der Waals surface area contributed by atoms with Crippen LogP contribution in [0.25, 0.3) is 6.08 Å². The summed E-state index contributed by atoms with van der Waals surface area (Å²) in [5.41, 5.74) is 0.807. The topological polar surface area (TPSA) is 96.0 Å². The van der Waals surface area contributed by atoms with Crippen molar-refractivity contribution in [2.75, 3.05) is 5.32 Å². The van der Waals surface area contributed by atoms with Crippen molar-refractivity contribution in [3.05, 3.63) is 74.8 Å². The summed E-state index contributed by atoms with van der Waals surface area (Å²) >= 11 is 5.77. The molecule has 0 saturated carbocycles. The second-order valence-corrected chi connectivity index (χ2v) is 4.91. The van der Waals surface area contributed by atoms with E-state index in [-0.39, 0.29) is 16.9 Å². The molecule has 0 heterocycles. The van der Waals surface area contributed by atoms with Crippen LogP contribution in [-0.4, -0.2) is 10.8 Å². The fourth-order valence-corrected chi connectivity index (χ4v) is 1.89. The van der Waals surface area contributed by atoms with E-state index in [1.807, 2.05) is 6.07 Å². The first-order valence-electron chi connectivity index (χ1n) is 6.43. The van der Waals surface area contributed by atoms with E-state index in [0.29, 0.717) is 5.02 Å². The molecule has 23 heavy (non-hydrogen) atoms. The Labute approximate surface area is 136 Å². The van der Waals surface area contributed by atoms with Crippen LogP contribution in [0.5, 0.6) is 0 Å². The van der Waals surface area contributed by atoms with Crippen molar-refractivity contribution >= 4 is 35.0 Å². The van der Waals surface area contributed by atoms with Crippen molar-refractivity contribution in [1.29, 1.82) is 5.26 Å². The Bertz CT molecular complexity index is 823. The van der Waals surface area contributed by atoms with Gasteiger partial charge in [-0.3, -0.25) is 14.9 Å². The van der Waals surface area contributed by atoms with Gasteiger partial charge in [-0.1, -0.05) is 23.7 Å². The Kier molecular flexibility index (Phi) is 5.07. The number of nitro groups is 1. The molecule has 7 heteroatoms. The molecular formula is C16H10ClN3O3. The summed E-state index contributed by atoms with van der Waals surface area (Å²) in [6.07, 6.45) is 2.88. The zero-order valence-corrected chi connectivity index (χ0v) is 12.4. The molecule has 2 aromatic carbocycles. The number of amides is 1. The van der Waals surface area contributed by atoms with E-state index in [9.17, 15) is 14.9 Å². The van der Waals surface area contributed by atoms with Gasteiger partial charge < -0.3 is 5.32 Å². The predicted molar refractivity (Wildman–Crippen MR) is 86.9 cm³/mol. The number of hydrogen-bond acceptors (Lipinski definition) is 4. The number of rotatable bonds is 4. The van der Waals surface area contributed by atoms with Gasteiger partial charge in [0.1, 0.15) is 6.07 Å². The minimum absolute atomic E-state index is 0.0208. The highest BCUT2D eigenvalue weighted by molar-refractivity contribution is 6.30. The van der Waals surface area contributed by atoms with E-state index >= 15 is 0 Å². The molecule has 0 radical (unpaired) electrons. The van der Waals surface area contributed by atoms with Crippen molar-refractivity contribution in [2.45, 2.75) is 0 Å². The van der Waals surface area contributed by atoms with Gasteiger partial charge in [0, 0.05) is 23.2 Å². The second-order valence-electron chi connectivity index (χ2n) is 4.47. The van der Waals surface area contributed by atoms with Crippen LogP contribution in [0.2, 0.25) is 5.02 Å². The first kappa shape index (κ1) is 16.2. The molecule has 0 fully saturated rings. The Morgan fingerprint density at radius 2 is 1.96 bits per heavy atom. The van der Waals surface area contributed by atoms with Crippen LogP contribution in [0.4, 0.5) is 11.4 Å². The number of carbonyl (C=O) groups excluding carboxylic acids is 1. The van der Waals surface area contributed by atoms with Crippen LogP contribution in [-0.2, 0) is 4.79 Å². The Morgan fingerprint density at radius 1 is 1.26 bits per heavy atom. The van der Waals surface area contributed by atoms with Gasteiger partial charge in [-0.25, -0.2) is 0 Å². The maximum absolute atomic E-state index is 11.9.